The van der Waals surface area contributed by atoms with E-state index in [2.05, 4.69) is 4.40 Å². The average molecular weight is 279 g/mol. The van der Waals surface area contributed by atoms with Gasteiger partial charge in [0, 0.05) is 16.5 Å². The number of benzene rings is 1. The standard InChI is InChI=1S/C12H13F4NS/c1-11(2,3)18-17-7-8-6-9(12(14,15)16)4-5-10(8)13/h4-7H,1-3H3. The summed E-state index contributed by atoms with van der Waals surface area (Å²) in [6.07, 6.45) is -3.37. The Morgan fingerprint density at radius 3 is 2.28 bits per heavy atom. The zero-order chi connectivity index (χ0) is 14.0. The van der Waals surface area contributed by atoms with Crippen LogP contribution in [0, 0.1) is 5.82 Å². The van der Waals surface area contributed by atoms with E-state index in [0.29, 0.717) is 6.07 Å². The Labute approximate surface area is 107 Å². The van der Waals surface area contributed by atoms with Gasteiger partial charge in [0.25, 0.3) is 0 Å². The van der Waals surface area contributed by atoms with Crippen molar-refractivity contribution in [1.29, 1.82) is 0 Å². The second-order valence-electron chi connectivity index (χ2n) is 4.67. The predicted octanol–water partition coefficient (Wildman–Crippen LogP) is 4.71. The number of rotatable bonds is 2. The van der Waals surface area contributed by atoms with Gasteiger partial charge in [-0.2, -0.15) is 13.2 Å². The summed E-state index contributed by atoms with van der Waals surface area (Å²) in [5.74, 6) is -0.721. The van der Waals surface area contributed by atoms with E-state index in [-0.39, 0.29) is 10.3 Å². The van der Waals surface area contributed by atoms with Gasteiger partial charge >= 0.3 is 6.18 Å². The molecule has 1 nitrogen and oxygen atoms in total. The maximum atomic E-state index is 13.3. The largest absolute Gasteiger partial charge is 0.416 e. The van der Waals surface area contributed by atoms with Crippen LogP contribution in [0.15, 0.2) is 22.6 Å². The van der Waals surface area contributed by atoms with Crippen LogP contribution in [0.5, 0.6) is 0 Å². The lowest BCUT2D eigenvalue weighted by Gasteiger charge is -2.12. The average Bonchev–Trinajstić information content (AvgIpc) is 2.17. The van der Waals surface area contributed by atoms with Crippen molar-refractivity contribution >= 4 is 18.2 Å². The third-order valence-corrected chi connectivity index (χ3v) is 2.60. The van der Waals surface area contributed by atoms with Gasteiger partial charge < -0.3 is 0 Å². The third kappa shape index (κ3) is 4.68. The Kier molecular flexibility index (Phi) is 4.42. The summed E-state index contributed by atoms with van der Waals surface area (Å²) in [6.45, 7) is 5.70. The molecule has 1 aromatic carbocycles. The summed E-state index contributed by atoms with van der Waals surface area (Å²) in [5, 5.41) is 0. The highest BCUT2D eigenvalue weighted by molar-refractivity contribution is 7.99. The molecular formula is C12H13F4NS. The van der Waals surface area contributed by atoms with Gasteiger partial charge in [0.15, 0.2) is 0 Å². The zero-order valence-corrected chi connectivity index (χ0v) is 11.0. The lowest BCUT2D eigenvalue weighted by Crippen LogP contribution is -2.07. The molecule has 0 aliphatic heterocycles. The van der Waals surface area contributed by atoms with Crippen LogP contribution in [0.25, 0.3) is 0 Å². The predicted molar refractivity (Wildman–Crippen MR) is 66.3 cm³/mol. The Bertz CT molecular complexity index is 446. The molecule has 0 spiro atoms. The molecule has 0 saturated heterocycles. The fraction of sp³-hybridized carbons (Fsp3) is 0.417. The van der Waals surface area contributed by atoms with Crippen LogP contribution < -0.4 is 0 Å². The van der Waals surface area contributed by atoms with Crippen LogP contribution in [0.2, 0.25) is 0 Å². The monoisotopic (exact) mass is 279 g/mol. The highest BCUT2D eigenvalue weighted by atomic mass is 32.2. The highest BCUT2D eigenvalue weighted by Gasteiger charge is 2.30. The third-order valence-electron chi connectivity index (χ3n) is 1.84. The normalized spacial score (nSPS) is 13.3. The smallest absolute Gasteiger partial charge is 0.223 e. The second kappa shape index (κ2) is 5.30. The number of alkyl halides is 3. The molecule has 0 aromatic heterocycles. The molecule has 0 aliphatic rings. The molecule has 0 aliphatic carbocycles. The quantitative estimate of drug-likeness (QED) is 0.434. The first-order chi connectivity index (χ1) is 8.09. The first kappa shape index (κ1) is 15.0. The second-order valence-corrected chi connectivity index (χ2v) is 6.29. The SMILES string of the molecule is CC(C)(C)SN=Cc1cc(C(F)(F)F)ccc1F. The van der Waals surface area contributed by atoms with Crippen LogP contribution >= 0.6 is 11.9 Å². The summed E-state index contributed by atoms with van der Waals surface area (Å²) >= 11 is 1.17. The summed E-state index contributed by atoms with van der Waals surface area (Å²) < 4.78 is 54.3. The van der Waals surface area contributed by atoms with E-state index in [4.69, 9.17) is 0 Å². The molecule has 0 heterocycles. The Morgan fingerprint density at radius 2 is 1.78 bits per heavy atom. The van der Waals surface area contributed by atoms with Crippen molar-refractivity contribution in [2.75, 3.05) is 0 Å². The molecule has 18 heavy (non-hydrogen) atoms. The molecule has 0 unspecified atom stereocenters. The van der Waals surface area contributed by atoms with Gasteiger partial charge in [-0.1, -0.05) is 0 Å². The van der Waals surface area contributed by atoms with Gasteiger partial charge in [-0.3, -0.25) is 0 Å². The molecule has 100 valence electrons. The van der Waals surface area contributed by atoms with Crippen LogP contribution in [0.4, 0.5) is 17.6 Å². The summed E-state index contributed by atoms with van der Waals surface area (Å²) in [6, 6.07) is 2.26. The van der Waals surface area contributed by atoms with E-state index < -0.39 is 17.6 Å². The minimum atomic E-state index is -4.48. The van der Waals surface area contributed by atoms with E-state index in [0.717, 1.165) is 18.3 Å². The Hall–Kier alpha value is -1.04. The van der Waals surface area contributed by atoms with Gasteiger partial charge in [-0.05, 0) is 50.9 Å². The first-order valence-corrected chi connectivity index (χ1v) is 5.95. The van der Waals surface area contributed by atoms with E-state index in [1.54, 1.807) is 0 Å². The molecule has 1 rings (SSSR count). The molecule has 0 amide bonds. The van der Waals surface area contributed by atoms with E-state index >= 15 is 0 Å². The van der Waals surface area contributed by atoms with Crippen LogP contribution in [-0.4, -0.2) is 11.0 Å². The number of hydrogen-bond donors (Lipinski definition) is 0. The van der Waals surface area contributed by atoms with Gasteiger partial charge in [0.2, 0.25) is 0 Å². The number of halogens is 4. The molecular weight excluding hydrogens is 266 g/mol. The Morgan fingerprint density at radius 1 is 1.17 bits per heavy atom. The molecule has 6 heteroatoms. The molecule has 0 bridgehead atoms. The van der Waals surface area contributed by atoms with Crippen LogP contribution in [-0.2, 0) is 6.18 Å². The van der Waals surface area contributed by atoms with Crippen molar-refractivity contribution < 1.29 is 17.6 Å². The maximum Gasteiger partial charge on any atom is 0.416 e. The number of hydrogen-bond acceptors (Lipinski definition) is 2. The van der Waals surface area contributed by atoms with Crippen molar-refractivity contribution in [2.45, 2.75) is 31.7 Å². The van der Waals surface area contributed by atoms with Crippen molar-refractivity contribution in [3.05, 3.63) is 35.1 Å². The first-order valence-electron chi connectivity index (χ1n) is 5.18. The molecule has 0 saturated carbocycles. The van der Waals surface area contributed by atoms with E-state index in [1.165, 1.54) is 11.9 Å². The van der Waals surface area contributed by atoms with Crippen molar-refractivity contribution in [2.24, 2.45) is 4.40 Å². The minimum Gasteiger partial charge on any atom is -0.223 e. The molecule has 1 aromatic rings. The van der Waals surface area contributed by atoms with Crippen molar-refractivity contribution in [3.63, 3.8) is 0 Å². The summed E-state index contributed by atoms with van der Waals surface area (Å²) in [5.41, 5.74) is -1.05. The minimum absolute atomic E-state index is 0.165. The highest BCUT2D eigenvalue weighted by Crippen LogP contribution is 2.30. The zero-order valence-electron chi connectivity index (χ0n) is 10.2. The summed E-state index contributed by atoms with van der Waals surface area (Å²) in [7, 11) is 0. The van der Waals surface area contributed by atoms with Crippen LogP contribution in [0.1, 0.15) is 31.9 Å². The van der Waals surface area contributed by atoms with E-state index in [9.17, 15) is 17.6 Å². The maximum absolute atomic E-state index is 13.3. The summed E-state index contributed by atoms with van der Waals surface area (Å²) in [4.78, 5) is 0. The molecule has 0 N–H and O–H groups in total. The van der Waals surface area contributed by atoms with Gasteiger partial charge in [-0.25, -0.2) is 8.79 Å². The topological polar surface area (TPSA) is 12.4 Å². The fourth-order valence-electron chi connectivity index (χ4n) is 1.06. The molecule has 0 atom stereocenters. The number of nitrogens with zero attached hydrogens (tertiary/aromatic N) is 1. The molecule has 0 radical (unpaired) electrons. The van der Waals surface area contributed by atoms with Gasteiger partial charge in [0.05, 0.1) is 5.56 Å². The molecule has 0 fully saturated rings. The van der Waals surface area contributed by atoms with E-state index in [1.807, 2.05) is 20.8 Å². The van der Waals surface area contributed by atoms with Gasteiger partial charge in [0.1, 0.15) is 5.82 Å². The lowest BCUT2D eigenvalue weighted by molar-refractivity contribution is -0.137. The Balaban J connectivity index is 2.95. The van der Waals surface area contributed by atoms with Crippen LogP contribution in [0.3, 0.4) is 0 Å². The lowest BCUT2D eigenvalue weighted by atomic mass is 10.1. The van der Waals surface area contributed by atoms with Crippen molar-refractivity contribution in [1.82, 2.24) is 0 Å². The van der Waals surface area contributed by atoms with Gasteiger partial charge in [-0.15, -0.1) is 0 Å². The van der Waals surface area contributed by atoms with Crippen molar-refractivity contribution in [3.8, 4) is 0 Å². The fourth-order valence-corrected chi connectivity index (χ4v) is 1.54.